The maximum absolute atomic E-state index is 12.0. The topological polar surface area (TPSA) is 67.4 Å². The standard InChI is InChI=1S/C19H22N2O3/c1-13(2)15-5-4-6-17(11-15)24-12-18(22)21-16-9-7-14(8-10-16)19(23)20-3/h4-11,13H,12H2,1-3H3,(H,20,23)(H,21,22). The Labute approximate surface area is 142 Å². The summed E-state index contributed by atoms with van der Waals surface area (Å²) >= 11 is 0. The Morgan fingerprint density at radius 2 is 1.79 bits per heavy atom. The third-order valence-electron chi connectivity index (χ3n) is 3.55. The molecule has 2 aromatic carbocycles. The van der Waals surface area contributed by atoms with Crippen molar-refractivity contribution in [3.63, 3.8) is 0 Å². The fraction of sp³-hybridized carbons (Fsp3) is 0.263. The molecule has 5 nitrogen and oxygen atoms in total. The lowest BCUT2D eigenvalue weighted by Gasteiger charge is -2.10. The van der Waals surface area contributed by atoms with E-state index >= 15 is 0 Å². The van der Waals surface area contributed by atoms with Crippen molar-refractivity contribution < 1.29 is 14.3 Å². The van der Waals surface area contributed by atoms with E-state index in [9.17, 15) is 9.59 Å². The van der Waals surface area contributed by atoms with Crippen LogP contribution in [-0.2, 0) is 4.79 Å². The molecule has 126 valence electrons. The number of nitrogens with one attached hydrogen (secondary N) is 2. The molecule has 0 saturated heterocycles. The largest absolute Gasteiger partial charge is 0.484 e. The molecule has 0 spiro atoms. The maximum Gasteiger partial charge on any atom is 0.262 e. The van der Waals surface area contributed by atoms with Crippen molar-refractivity contribution in [1.29, 1.82) is 0 Å². The third-order valence-corrected chi connectivity index (χ3v) is 3.55. The molecule has 5 heteroatoms. The lowest BCUT2D eigenvalue weighted by molar-refractivity contribution is -0.118. The van der Waals surface area contributed by atoms with Gasteiger partial charge in [-0.15, -0.1) is 0 Å². The Kier molecular flexibility index (Phi) is 5.95. The van der Waals surface area contributed by atoms with Crippen LogP contribution in [0.5, 0.6) is 5.75 Å². The molecule has 0 aliphatic carbocycles. The van der Waals surface area contributed by atoms with E-state index in [1.165, 1.54) is 0 Å². The Morgan fingerprint density at radius 1 is 1.08 bits per heavy atom. The summed E-state index contributed by atoms with van der Waals surface area (Å²) in [6.07, 6.45) is 0. The van der Waals surface area contributed by atoms with Crippen molar-refractivity contribution in [3.05, 3.63) is 59.7 Å². The van der Waals surface area contributed by atoms with E-state index < -0.39 is 0 Å². The van der Waals surface area contributed by atoms with E-state index in [1.807, 2.05) is 24.3 Å². The normalized spacial score (nSPS) is 10.3. The zero-order valence-corrected chi connectivity index (χ0v) is 14.1. The van der Waals surface area contributed by atoms with Crippen molar-refractivity contribution in [3.8, 4) is 5.75 Å². The van der Waals surface area contributed by atoms with Crippen LogP contribution in [0.2, 0.25) is 0 Å². The number of hydrogen-bond donors (Lipinski definition) is 2. The number of amides is 2. The number of benzene rings is 2. The summed E-state index contributed by atoms with van der Waals surface area (Å²) in [4.78, 5) is 23.4. The van der Waals surface area contributed by atoms with Gasteiger partial charge in [-0.2, -0.15) is 0 Å². The molecule has 0 saturated carbocycles. The summed E-state index contributed by atoms with van der Waals surface area (Å²) in [6, 6.07) is 14.4. The van der Waals surface area contributed by atoms with Gasteiger partial charge in [0.15, 0.2) is 6.61 Å². The average molecular weight is 326 g/mol. The predicted molar refractivity (Wildman–Crippen MR) is 94.5 cm³/mol. The zero-order valence-electron chi connectivity index (χ0n) is 14.1. The molecular formula is C19H22N2O3. The van der Waals surface area contributed by atoms with Crippen LogP contribution in [0.25, 0.3) is 0 Å². The number of ether oxygens (including phenoxy) is 1. The highest BCUT2D eigenvalue weighted by atomic mass is 16.5. The monoisotopic (exact) mass is 326 g/mol. The Morgan fingerprint density at radius 3 is 2.42 bits per heavy atom. The van der Waals surface area contributed by atoms with E-state index in [-0.39, 0.29) is 18.4 Å². The van der Waals surface area contributed by atoms with Crippen LogP contribution >= 0.6 is 0 Å². The summed E-state index contributed by atoms with van der Waals surface area (Å²) < 4.78 is 5.53. The summed E-state index contributed by atoms with van der Waals surface area (Å²) in [5.41, 5.74) is 2.32. The molecule has 2 aromatic rings. The summed E-state index contributed by atoms with van der Waals surface area (Å²) in [7, 11) is 1.57. The first kappa shape index (κ1) is 17.5. The van der Waals surface area contributed by atoms with Crippen LogP contribution in [0.15, 0.2) is 48.5 Å². The molecule has 2 amide bonds. The van der Waals surface area contributed by atoms with Crippen LogP contribution in [0.1, 0.15) is 35.7 Å². The minimum Gasteiger partial charge on any atom is -0.484 e. The lowest BCUT2D eigenvalue weighted by atomic mass is 10.0. The van der Waals surface area contributed by atoms with Crippen LogP contribution in [0, 0.1) is 0 Å². The highest BCUT2D eigenvalue weighted by Crippen LogP contribution is 2.20. The lowest BCUT2D eigenvalue weighted by Crippen LogP contribution is -2.20. The molecule has 0 heterocycles. The first-order valence-electron chi connectivity index (χ1n) is 7.84. The fourth-order valence-corrected chi connectivity index (χ4v) is 2.16. The highest BCUT2D eigenvalue weighted by Gasteiger charge is 2.07. The number of anilines is 1. The van der Waals surface area contributed by atoms with E-state index in [1.54, 1.807) is 31.3 Å². The van der Waals surface area contributed by atoms with Gasteiger partial charge in [0, 0.05) is 18.3 Å². The summed E-state index contributed by atoms with van der Waals surface area (Å²) in [5, 5.41) is 5.28. The van der Waals surface area contributed by atoms with Gasteiger partial charge in [0.25, 0.3) is 11.8 Å². The number of carbonyl (C=O) groups excluding carboxylic acids is 2. The molecule has 0 aliphatic heterocycles. The third kappa shape index (κ3) is 4.84. The number of carbonyl (C=O) groups is 2. The Balaban J connectivity index is 1.89. The molecule has 0 atom stereocenters. The van der Waals surface area contributed by atoms with Crippen LogP contribution in [0.4, 0.5) is 5.69 Å². The minimum absolute atomic E-state index is 0.0707. The average Bonchev–Trinajstić information content (AvgIpc) is 2.60. The number of rotatable bonds is 6. The first-order chi connectivity index (χ1) is 11.5. The van der Waals surface area contributed by atoms with Gasteiger partial charge in [-0.25, -0.2) is 0 Å². The van der Waals surface area contributed by atoms with Crippen LogP contribution in [-0.4, -0.2) is 25.5 Å². The van der Waals surface area contributed by atoms with Gasteiger partial charge in [-0.3, -0.25) is 9.59 Å². The molecule has 0 radical (unpaired) electrons. The Bertz CT molecular complexity index is 709. The van der Waals surface area contributed by atoms with Gasteiger partial charge in [-0.05, 0) is 47.9 Å². The molecular weight excluding hydrogens is 304 g/mol. The molecule has 2 rings (SSSR count). The zero-order chi connectivity index (χ0) is 17.5. The molecule has 0 bridgehead atoms. The van der Waals surface area contributed by atoms with Gasteiger partial charge in [-0.1, -0.05) is 26.0 Å². The van der Waals surface area contributed by atoms with E-state index in [4.69, 9.17) is 4.74 Å². The SMILES string of the molecule is CNC(=O)c1ccc(NC(=O)COc2cccc(C(C)C)c2)cc1. The second-order valence-electron chi connectivity index (χ2n) is 5.72. The number of hydrogen-bond acceptors (Lipinski definition) is 3. The molecule has 0 aliphatic rings. The van der Waals surface area contributed by atoms with Crippen molar-refractivity contribution in [2.75, 3.05) is 19.0 Å². The van der Waals surface area contributed by atoms with Crippen LogP contribution < -0.4 is 15.4 Å². The van der Waals surface area contributed by atoms with Gasteiger partial charge >= 0.3 is 0 Å². The molecule has 24 heavy (non-hydrogen) atoms. The second kappa shape index (κ2) is 8.15. The maximum atomic E-state index is 12.0. The quantitative estimate of drug-likeness (QED) is 0.857. The summed E-state index contributed by atoms with van der Waals surface area (Å²) in [5.74, 6) is 0.659. The van der Waals surface area contributed by atoms with Gasteiger partial charge in [0.2, 0.25) is 0 Å². The van der Waals surface area contributed by atoms with E-state index in [2.05, 4.69) is 24.5 Å². The van der Waals surface area contributed by atoms with Gasteiger partial charge in [0.05, 0.1) is 0 Å². The van der Waals surface area contributed by atoms with Crippen molar-refractivity contribution >= 4 is 17.5 Å². The highest BCUT2D eigenvalue weighted by molar-refractivity contribution is 5.95. The van der Waals surface area contributed by atoms with Crippen molar-refractivity contribution in [2.45, 2.75) is 19.8 Å². The second-order valence-corrected chi connectivity index (χ2v) is 5.72. The Hall–Kier alpha value is -2.82. The minimum atomic E-state index is -0.252. The van der Waals surface area contributed by atoms with E-state index in [0.717, 1.165) is 5.56 Å². The first-order valence-corrected chi connectivity index (χ1v) is 7.84. The van der Waals surface area contributed by atoms with E-state index in [0.29, 0.717) is 22.9 Å². The molecule has 0 aromatic heterocycles. The van der Waals surface area contributed by atoms with Crippen molar-refractivity contribution in [1.82, 2.24) is 5.32 Å². The van der Waals surface area contributed by atoms with Crippen LogP contribution in [0.3, 0.4) is 0 Å². The van der Waals surface area contributed by atoms with Gasteiger partial charge in [0.1, 0.15) is 5.75 Å². The van der Waals surface area contributed by atoms with Gasteiger partial charge < -0.3 is 15.4 Å². The summed E-state index contributed by atoms with van der Waals surface area (Å²) in [6.45, 7) is 4.14. The molecule has 0 fully saturated rings. The molecule has 2 N–H and O–H groups in total. The molecule has 0 unspecified atom stereocenters. The smallest absolute Gasteiger partial charge is 0.262 e. The fourth-order valence-electron chi connectivity index (χ4n) is 2.16. The predicted octanol–water partition coefficient (Wildman–Crippen LogP) is 3.19. The van der Waals surface area contributed by atoms with Crippen molar-refractivity contribution in [2.24, 2.45) is 0 Å².